The Hall–Kier alpha value is -0.650. The molecule has 0 saturated carbocycles. The molecule has 0 radical (unpaired) electrons. The van der Waals surface area contributed by atoms with E-state index in [0.29, 0.717) is 6.42 Å². The zero-order valence-electron chi connectivity index (χ0n) is 12.5. The molecule has 3 N–H and O–H groups in total. The first-order valence-corrected chi connectivity index (χ1v) is 7.58. The molecule has 1 atom stereocenters. The number of nitrogens with two attached hydrogens (primary N) is 1. The number of rotatable bonds is 8. The fourth-order valence-electron chi connectivity index (χ4n) is 2.31. The minimum absolute atomic E-state index is 0.112. The van der Waals surface area contributed by atoms with Gasteiger partial charge in [-0.25, -0.2) is 0 Å². The van der Waals surface area contributed by atoms with Gasteiger partial charge in [-0.05, 0) is 32.9 Å². The molecule has 1 amide bonds. The number of carbonyl (C=O) groups is 1. The summed E-state index contributed by atoms with van der Waals surface area (Å²) in [6.45, 7) is 11.9. The molecule has 1 aliphatic rings. The largest absolute Gasteiger partial charge is 0.356 e. The van der Waals surface area contributed by atoms with Crippen LogP contribution in [0, 0.1) is 0 Å². The predicted octanol–water partition coefficient (Wildman–Crippen LogP) is 0.258. The topological polar surface area (TPSA) is 61.6 Å². The molecule has 112 valence electrons. The Morgan fingerprint density at radius 1 is 1.26 bits per heavy atom. The van der Waals surface area contributed by atoms with Crippen LogP contribution in [-0.2, 0) is 4.79 Å². The van der Waals surface area contributed by atoms with E-state index in [2.05, 4.69) is 22.0 Å². The van der Waals surface area contributed by atoms with Gasteiger partial charge in [0.15, 0.2) is 0 Å². The highest BCUT2D eigenvalue weighted by Crippen LogP contribution is 2.01. The molecule has 0 spiro atoms. The van der Waals surface area contributed by atoms with Crippen LogP contribution in [0.15, 0.2) is 0 Å². The summed E-state index contributed by atoms with van der Waals surface area (Å²) in [6.07, 6.45) is 2.35. The Kier molecular flexibility index (Phi) is 8.02. The van der Waals surface area contributed by atoms with Gasteiger partial charge < -0.3 is 20.9 Å². The molecule has 5 nitrogen and oxygen atoms in total. The van der Waals surface area contributed by atoms with Crippen molar-refractivity contribution < 1.29 is 4.79 Å². The highest BCUT2D eigenvalue weighted by molar-refractivity contribution is 5.75. The van der Waals surface area contributed by atoms with Gasteiger partial charge >= 0.3 is 0 Å². The van der Waals surface area contributed by atoms with Crippen LogP contribution < -0.4 is 11.1 Å². The van der Waals surface area contributed by atoms with E-state index in [0.717, 1.165) is 45.6 Å². The summed E-state index contributed by atoms with van der Waals surface area (Å²) in [7, 11) is 0. The highest BCUT2D eigenvalue weighted by atomic mass is 16.1. The van der Waals surface area contributed by atoms with Crippen LogP contribution in [0.1, 0.15) is 33.1 Å². The Balaban J connectivity index is 1.97. The average Bonchev–Trinajstić information content (AvgIpc) is 2.42. The van der Waals surface area contributed by atoms with Crippen LogP contribution in [0.2, 0.25) is 0 Å². The van der Waals surface area contributed by atoms with Crippen molar-refractivity contribution in [3.8, 4) is 0 Å². The van der Waals surface area contributed by atoms with Crippen molar-refractivity contribution in [2.75, 3.05) is 45.8 Å². The number of piperazine rings is 1. The van der Waals surface area contributed by atoms with E-state index < -0.39 is 0 Å². The van der Waals surface area contributed by atoms with Crippen LogP contribution in [0.25, 0.3) is 0 Å². The predicted molar refractivity (Wildman–Crippen MR) is 79.1 cm³/mol. The van der Waals surface area contributed by atoms with Crippen LogP contribution in [0.4, 0.5) is 0 Å². The Bertz CT molecular complexity index is 250. The van der Waals surface area contributed by atoms with Gasteiger partial charge in [0, 0.05) is 45.2 Å². The molecular weight excluding hydrogens is 240 g/mol. The number of likely N-dealkylation sites (N-methyl/N-ethyl adjacent to an activating group) is 1. The number of nitrogens with zero attached hydrogens (tertiary/aromatic N) is 2. The second kappa shape index (κ2) is 9.28. The maximum atomic E-state index is 11.5. The SMILES string of the molecule is CCN1CCN(CCCNC(=O)CCC(C)N)CC1. The van der Waals surface area contributed by atoms with Gasteiger partial charge in [0.1, 0.15) is 0 Å². The van der Waals surface area contributed by atoms with E-state index in [-0.39, 0.29) is 11.9 Å². The molecule has 0 aromatic rings. The minimum atomic E-state index is 0.112. The molecule has 0 aliphatic carbocycles. The molecule has 1 unspecified atom stereocenters. The van der Waals surface area contributed by atoms with Crippen molar-refractivity contribution >= 4 is 5.91 Å². The molecule has 0 bridgehead atoms. The number of carbonyl (C=O) groups excluding carboxylic acids is 1. The molecule has 1 rings (SSSR count). The molecule has 5 heteroatoms. The zero-order valence-corrected chi connectivity index (χ0v) is 12.5. The van der Waals surface area contributed by atoms with Gasteiger partial charge in [-0.1, -0.05) is 6.92 Å². The lowest BCUT2D eigenvalue weighted by Gasteiger charge is -2.33. The molecule has 0 aromatic carbocycles. The monoisotopic (exact) mass is 270 g/mol. The highest BCUT2D eigenvalue weighted by Gasteiger charge is 2.14. The van der Waals surface area contributed by atoms with Gasteiger partial charge in [-0.15, -0.1) is 0 Å². The summed E-state index contributed by atoms with van der Waals surface area (Å²) in [5, 5.41) is 2.97. The van der Waals surface area contributed by atoms with Crippen molar-refractivity contribution in [1.82, 2.24) is 15.1 Å². The second-order valence-corrected chi connectivity index (χ2v) is 5.50. The van der Waals surface area contributed by atoms with Gasteiger partial charge in [0.2, 0.25) is 5.91 Å². The molecule has 1 heterocycles. The summed E-state index contributed by atoms with van der Waals surface area (Å²) in [5.74, 6) is 0.133. The lowest BCUT2D eigenvalue weighted by Crippen LogP contribution is -2.46. The van der Waals surface area contributed by atoms with Gasteiger partial charge in [-0.3, -0.25) is 4.79 Å². The maximum Gasteiger partial charge on any atom is 0.220 e. The number of nitrogens with one attached hydrogen (secondary N) is 1. The van der Waals surface area contributed by atoms with E-state index in [4.69, 9.17) is 5.73 Å². The Morgan fingerprint density at radius 2 is 1.89 bits per heavy atom. The third-order valence-electron chi connectivity index (χ3n) is 3.71. The first-order valence-electron chi connectivity index (χ1n) is 7.58. The molecule has 1 aliphatic heterocycles. The third-order valence-corrected chi connectivity index (χ3v) is 3.71. The number of hydrogen-bond acceptors (Lipinski definition) is 4. The standard InChI is InChI=1S/C14H30N4O/c1-3-17-9-11-18(12-10-17)8-4-7-16-14(19)6-5-13(2)15/h13H,3-12,15H2,1-2H3,(H,16,19). The van der Waals surface area contributed by atoms with Gasteiger partial charge in [0.05, 0.1) is 0 Å². The van der Waals surface area contributed by atoms with E-state index in [9.17, 15) is 4.79 Å². The third kappa shape index (κ3) is 7.50. The van der Waals surface area contributed by atoms with Crippen LogP contribution in [-0.4, -0.2) is 67.6 Å². The molecule has 19 heavy (non-hydrogen) atoms. The lowest BCUT2D eigenvalue weighted by atomic mass is 10.2. The first-order chi connectivity index (χ1) is 9.11. The summed E-state index contributed by atoms with van der Waals surface area (Å²) in [6, 6.07) is 0.112. The van der Waals surface area contributed by atoms with Crippen LogP contribution >= 0.6 is 0 Å². The van der Waals surface area contributed by atoms with Crippen LogP contribution in [0.3, 0.4) is 0 Å². The summed E-state index contributed by atoms with van der Waals surface area (Å²) < 4.78 is 0. The van der Waals surface area contributed by atoms with Crippen molar-refractivity contribution in [2.45, 2.75) is 39.2 Å². The minimum Gasteiger partial charge on any atom is -0.356 e. The zero-order chi connectivity index (χ0) is 14.1. The number of hydrogen-bond donors (Lipinski definition) is 2. The Morgan fingerprint density at radius 3 is 2.47 bits per heavy atom. The fraction of sp³-hybridized carbons (Fsp3) is 0.929. The Labute approximate surface area is 117 Å². The van der Waals surface area contributed by atoms with Crippen LogP contribution in [0.5, 0.6) is 0 Å². The van der Waals surface area contributed by atoms with Gasteiger partial charge in [0.25, 0.3) is 0 Å². The molecule has 0 aromatic heterocycles. The van der Waals surface area contributed by atoms with Crippen molar-refractivity contribution in [3.63, 3.8) is 0 Å². The van der Waals surface area contributed by atoms with Crippen molar-refractivity contribution in [3.05, 3.63) is 0 Å². The molecule has 1 fully saturated rings. The lowest BCUT2D eigenvalue weighted by molar-refractivity contribution is -0.121. The van der Waals surface area contributed by atoms with E-state index in [1.165, 1.54) is 13.1 Å². The first kappa shape index (κ1) is 16.4. The maximum absolute atomic E-state index is 11.5. The van der Waals surface area contributed by atoms with E-state index >= 15 is 0 Å². The van der Waals surface area contributed by atoms with E-state index in [1.807, 2.05) is 6.92 Å². The second-order valence-electron chi connectivity index (χ2n) is 5.50. The summed E-state index contributed by atoms with van der Waals surface area (Å²) in [4.78, 5) is 16.5. The average molecular weight is 270 g/mol. The van der Waals surface area contributed by atoms with Crippen molar-refractivity contribution in [2.24, 2.45) is 5.73 Å². The van der Waals surface area contributed by atoms with E-state index in [1.54, 1.807) is 0 Å². The fourth-order valence-corrected chi connectivity index (χ4v) is 2.31. The van der Waals surface area contributed by atoms with Gasteiger partial charge in [-0.2, -0.15) is 0 Å². The quantitative estimate of drug-likeness (QED) is 0.621. The number of amides is 1. The summed E-state index contributed by atoms with van der Waals surface area (Å²) >= 11 is 0. The summed E-state index contributed by atoms with van der Waals surface area (Å²) in [5.41, 5.74) is 5.63. The van der Waals surface area contributed by atoms with Crippen molar-refractivity contribution in [1.29, 1.82) is 0 Å². The normalized spacial score (nSPS) is 19.3. The molecule has 1 saturated heterocycles. The smallest absolute Gasteiger partial charge is 0.220 e. The molecular formula is C14H30N4O.